The van der Waals surface area contributed by atoms with Crippen molar-refractivity contribution in [2.75, 3.05) is 6.54 Å². The van der Waals surface area contributed by atoms with Crippen molar-refractivity contribution in [2.24, 2.45) is 0 Å². The first kappa shape index (κ1) is 9.00. The van der Waals surface area contributed by atoms with Crippen molar-refractivity contribution >= 4 is 5.70 Å². The molecule has 0 amide bonds. The number of halogens is 1. The van der Waals surface area contributed by atoms with E-state index in [-0.39, 0.29) is 0 Å². The maximum atomic E-state index is 13.5. The molecule has 0 radical (unpaired) electrons. The highest BCUT2D eigenvalue weighted by Crippen LogP contribution is 2.26. The molecule has 0 bridgehead atoms. The molecule has 0 atom stereocenters. The second kappa shape index (κ2) is 3.66. The highest BCUT2D eigenvalue weighted by atomic mass is 19.2. The van der Waals surface area contributed by atoms with Gasteiger partial charge in [-0.05, 0) is 12.5 Å². The molecule has 1 nitrogen and oxygen atoms in total. The molecule has 0 fully saturated rings. The third kappa shape index (κ3) is 1.55. The van der Waals surface area contributed by atoms with Gasteiger partial charge in [0.15, 0.2) is 0 Å². The number of hydrogen-bond donors (Lipinski definition) is 0. The van der Waals surface area contributed by atoms with Gasteiger partial charge in [0.1, 0.15) is 0 Å². The van der Waals surface area contributed by atoms with Crippen LogP contribution in [0.5, 0.6) is 0 Å². The number of nitrogens with zero attached hydrogens (tertiary/aromatic N) is 1. The minimum absolute atomic E-state index is 0.335. The molecule has 1 aliphatic rings. The zero-order chi connectivity index (χ0) is 9.97. The monoisotopic (exact) mass is 189 g/mol. The first-order valence-electron chi connectivity index (χ1n) is 4.65. The number of benzene rings is 1. The van der Waals surface area contributed by atoms with E-state index in [2.05, 4.69) is 0 Å². The van der Waals surface area contributed by atoms with E-state index < -0.39 is 0 Å². The predicted octanol–water partition coefficient (Wildman–Crippen LogP) is 3.17. The molecule has 0 saturated heterocycles. The lowest BCUT2D eigenvalue weighted by Gasteiger charge is -2.21. The van der Waals surface area contributed by atoms with Crippen molar-refractivity contribution in [3.05, 3.63) is 53.6 Å². The molecule has 2 rings (SSSR count). The fraction of sp³-hybridized carbons (Fsp3) is 0.167. The normalized spacial score (nSPS) is 16.3. The minimum Gasteiger partial charge on any atom is -0.207 e. The Hall–Kier alpha value is -1.57. The Morgan fingerprint density at radius 3 is 2.57 bits per heavy atom. The van der Waals surface area contributed by atoms with Gasteiger partial charge >= 0.3 is 0 Å². The molecule has 1 aromatic rings. The van der Waals surface area contributed by atoms with E-state index in [0.717, 1.165) is 16.3 Å². The lowest BCUT2D eigenvalue weighted by atomic mass is 10.0. The van der Waals surface area contributed by atoms with Crippen LogP contribution in [0.4, 0.5) is 4.48 Å². The van der Waals surface area contributed by atoms with E-state index >= 15 is 0 Å². The van der Waals surface area contributed by atoms with E-state index in [1.165, 1.54) is 0 Å². The molecule has 0 N–H and O–H groups in total. The van der Waals surface area contributed by atoms with Gasteiger partial charge in [-0.2, -0.15) is 0 Å². The summed E-state index contributed by atoms with van der Waals surface area (Å²) in [7, 11) is 0. The van der Waals surface area contributed by atoms with Crippen LogP contribution in [0.1, 0.15) is 12.5 Å². The minimum atomic E-state index is 0.335. The first-order chi connectivity index (χ1) is 6.79. The average Bonchev–Trinajstić information content (AvgIpc) is 2.19. The molecular weight excluding hydrogens is 177 g/mol. The second-order valence-electron chi connectivity index (χ2n) is 3.34. The fourth-order valence-corrected chi connectivity index (χ4v) is 1.65. The smallest absolute Gasteiger partial charge is 0.0792 e. The number of hydrogen-bond acceptors (Lipinski definition) is 1. The van der Waals surface area contributed by atoms with E-state index in [4.69, 9.17) is 0 Å². The van der Waals surface area contributed by atoms with E-state index in [9.17, 15) is 4.48 Å². The van der Waals surface area contributed by atoms with Gasteiger partial charge in [0.05, 0.1) is 12.2 Å². The first-order valence-corrected chi connectivity index (χ1v) is 4.65. The SMILES string of the molecule is CC1=C(c2ccccc2)N(F)CC=C1. The van der Waals surface area contributed by atoms with Gasteiger partial charge in [-0.15, -0.1) is 0 Å². The van der Waals surface area contributed by atoms with Crippen LogP contribution in [0, 0.1) is 0 Å². The molecule has 1 aromatic carbocycles. The largest absolute Gasteiger partial charge is 0.207 e. The zero-order valence-electron chi connectivity index (χ0n) is 8.07. The van der Waals surface area contributed by atoms with Crippen molar-refractivity contribution in [1.82, 2.24) is 5.12 Å². The van der Waals surface area contributed by atoms with Crippen molar-refractivity contribution in [2.45, 2.75) is 6.92 Å². The molecule has 1 heterocycles. The quantitative estimate of drug-likeness (QED) is 0.613. The molecule has 14 heavy (non-hydrogen) atoms. The predicted molar refractivity (Wildman–Crippen MR) is 56.0 cm³/mol. The molecule has 0 aromatic heterocycles. The highest BCUT2D eigenvalue weighted by Gasteiger charge is 2.14. The van der Waals surface area contributed by atoms with Crippen molar-refractivity contribution in [3.8, 4) is 0 Å². The van der Waals surface area contributed by atoms with Crippen LogP contribution in [-0.2, 0) is 0 Å². The lowest BCUT2D eigenvalue weighted by molar-refractivity contribution is 0.120. The lowest BCUT2D eigenvalue weighted by Crippen LogP contribution is -2.16. The second-order valence-corrected chi connectivity index (χ2v) is 3.34. The van der Waals surface area contributed by atoms with E-state index in [1.54, 1.807) is 0 Å². The van der Waals surface area contributed by atoms with Crippen molar-refractivity contribution < 1.29 is 4.48 Å². The topological polar surface area (TPSA) is 3.24 Å². The van der Waals surface area contributed by atoms with Crippen LogP contribution in [0.3, 0.4) is 0 Å². The highest BCUT2D eigenvalue weighted by molar-refractivity contribution is 5.69. The summed E-state index contributed by atoms with van der Waals surface area (Å²) in [6.45, 7) is 2.26. The van der Waals surface area contributed by atoms with Crippen LogP contribution in [-0.4, -0.2) is 11.7 Å². The van der Waals surface area contributed by atoms with Gasteiger partial charge in [-0.3, -0.25) is 0 Å². The summed E-state index contributed by atoms with van der Waals surface area (Å²) >= 11 is 0. The van der Waals surface area contributed by atoms with Crippen LogP contribution in [0.25, 0.3) is 5.70 Å². The summed E-state index contributed by atoms with van der Waals surface area (Å²) < 4.78 is 13.5. The van der Waals surface area contributed by atoms with Gasteiger partial charge < -0.3 is 0 Å². The molecule has 0 aliphatic carbocycles. The molecule has 0 saturated carbocycles. The van der Waals surface area contributed by atoms with Crippen molar-refractivity contribution in [1.29, 1.82) is 0 Å². The summed E-state index contributed by atoms with van der Waals surface area (Å²) in [5.41, 5.74) is 2.56. The number of allylic oxidation sites excluding steroid dienone is 2. The van der Waals surface area contributed by atoms with Gasteiger partial charge in [0.2, 0.25) is 0 Å². The summed E-state index contributed by atoms with van der Waals surface area (Å²) in [5, 5.41) is 0.782. The van der Waals surface area contributed by atoms with Gasteiger partial charge in [0.25, 0.3) is 0 Å². The molecular formula is C12H12FN. The van der Waals surface area contributed by atoms with E-state index in [1.807, 2.05) is 49.4 Å². The number of rotatable bonds is 1. The summed E-state index contributed by atoms with van der Waals surface area (Å²) in [5.74, 6) is 0. The summed E-state index contributed by atoms with van der Waals surface area (Å²) in [6.07, 6.45) is 3.78. The van der Waals surface area contributed by atoms with Gasteiger partial charge in [0, 0.05) is 5.56 Å². The van der Waals surface area contributed by atoms with Crippen molar-refractivity contribution in [3.63, 3.8) is 0 Å². The Morgan fingerprint density at radius 2 is 1.93 bits per heavy atom. The standard InChI is InChI=1S/C12H12FN/c1-10-6-5-9-14(13)12(10)11-7-3-2-4-8-11/h2-8H,9H2,1H3. The maximum Gasteiger partial charge on any atom is 0.0792 e. The molecule has 2 heteroatoms. The fourth-order valence-electron chi connectivity index (χ4n) is 1.65. The van der Waals surface area contributed by atoms with Crippen LogP contribution >= 0.6 is 0 Å². The van der Waals surface area contributed by atoms with Crippen LogP contribution < -0.4 is 0 Å². The average molecular weight is 189 g/mol. The Labute approximate surface area is 83.1 Å². The van der Waals surface area contributed by atoms with Crippen LogP contribution in [0.15, 0.2) is 48.1 Å². The zero-order valence-corrected chi connectivity index (χ0v) is 8.07. The van der Waals surface area contributed by atoms with Gasteiger partial charge in [-0.25, -0.2) is 5.12 Å². The molecule has 1 aliphatic heterocycles. The summed E-state index contributed by atoms with van der Waals surface area (Å²) in [4.78, 5) is 0. The third-order valence-corrected chi connectivity index (χ3v) is 2.30. The Balaban J connectivity index is 2.46. The third-order valence-electron chi connectivity index (χ3n) is 2.30. The molecule has 72 valence electrons. The summed E-state index contributed by atoms with van der Waals surface area (Å²) in [6, 6.07) is 9.61. The molecule has 0 unspecified atom stereocenters. The Kier molecular flexibility index (Phi) is 2.35. The van der Waals surface area contributed by atoms with E-state index in [0.29, 0.717) is 12.2 Å². The Morgan fingerprint density at radius 1 is 1.21 bits per heavy atom. The van der Waals surface area contributed by atoms with Crippen LogP contribution in [0.2, 0.25) is 0 Å². The molecule has 0 spiro atoms. The van der Waals surface area contributed by atoms with Gasteiger partial charge in [-0.1, -0.05) is 47.0 Å². The Bertz CT molecular complexity index is 379. The maximum absolute atomic E-state index is 13.5.